The van der Waals surface area contributed by atoms with E-state index >= 15 is 0 Å². The van der Waals surface area contributed by atoms with Gasteiger partial charge in [0.15, 0.2) is 0 Å². The maximum Gasteiger partial charge on any atom is 0.129 e. The fourth-order valence-corrected chi connectivity index (χ4v) is 3.04. The van der Waals surface area contributed by atoms with Gasteiger partial charge in [0.1, 0.15) is 5.82 Å². The second-order valence-electron chi connectivity index (χ2n) is 5.63. The zero-order valence-corrected chi connectivity index (χ0v) is 12.1. The molecule has 0 fully saturated rings. The summed E-state index contributed by atoms with van der Waals surface area (Å²) in [6.07, 6.45) is 0. The molecule has 4 rings (SSSR count). The van der Waals surface area contributed by atoms with E-state index in [2.05, 4.69) is 46.7 Å². The second-order valence-corrected chi connectivity index (χ2v) is 5.63. The molecule has 0 saturated carbocycles. The van der Waals surface area contributed by atoms with E-state index in [1.807, 2.05) is 12.1 Å². The molecular formula is C17H18N4. The first-order chi connectivity index (χ1) is 10.2. The largest absolute Gasteiger partial charge is 0.399 e. The third kappa shape index (κ3) is 1.95. The molecule has 0 saturated heterocycles. The summed E-state index contributed by atoms with van der Waals surface area (Å²) in [6.45, 7) is 4.87. The SMILES string of the molecule is Cc1cc(N2CCn3c(nc4ccccc43)C2)ccc1N. The molecule has 0 spiro atoms. The average Bonchev–Trinajstić information content (AvgIpc) is 2.87. The van der Waals surface area contributed by atoms with Crippen LogP contribution in [0.1, 0.15) is 11.4 Å². The van der Waals surface area contributed by atoms with Gasteiger partial charge in [-0.25, -0.2) is 4.98 Å². The van der Waals surface area contributed by atoms with Crippen LogP contribution in [0.3, 0.4) is 0 Å². The average molecular weight is 278 g/mol. The van der Waals surface area contributed by atoms with Crippen LogP contribution >= 0.6 is 0 Å². The van der Waals surface area contributed by atoms with E-state index in [9.17, 15) is 0 Å². The zero-order valence-electron chi connectivity index (χ0n) is 12.1. The normalized spacial score (nSPS) is 14.4. The maximum absolute atomic E-state index is 5.91. The number of hydrogen-bond acceptors (Lipinski definition) is 3. The molecule has 4 heteroatoms. The van der Waals surface area contributed by atoms with Crippen LogP contribution in [0, 0.1) is 6.92 Å². The monoisotopic (exact) mass is 278 g/mol. The van der Waals surface area contributed by atoms with Crippen molar-refractivity contribution in [1.82, 2.24) is 9.55 Å². The molecule has 0 amide bonds. The van der Waals surface area contributed by atoms with E-state index in [1.165, 1.54) is 11.2 Å². The molecule has 4 nitrogen and oxygen atoms in total. The van der Waals surface area contributed by atoms with Crippen molar-refractivity contribution in [3.05, 3.63) is 53.9 Å². The van der Waals surface area contributed by atoms with E-state index in [0.717, 1.165) is 42.2 Å². The van der Waals surface area contributed by atoms with Crippen molar-refractivity contribution in [2.45, 2.75) is 20.0 Å². The summed E-state index contributed by atoms with van der Waals surface area (Å²) in [7, 11) is 0. The van der Waals surface area contributed by atoms with Crippen molar-refractivity contribution in [2.24, 2.45) is 0 Å². The molecule has 3 aromatic rings. The minimum absolute atomic E-state index is 0.845. The summed E-state index contributed by atoms with van der Waals surface area (Å²) >= 11 is 0. The van der Waals surface area contributed by atoms with Crippen molar-refractivity contribution in [2.75, 3.05) is 17.2 Å². The number of nitrogens with zero attached hydrogens (tertiary/aromatic N) is 3. The van der Waals surface area contributed by atoms with Crippen LogP contribution in [-0.4, -0.2) is 16.1 Å². The van der Waals surface area contributed by atoms with Crippen LogP contribution < -0.4 is 10.6 Å². The van der Waals surface area contributed by atoms with E-state index < -0.39 is 0 Å². The van der Waals surface area contributed by atoms with Crippen molar-refractivity contribution >= 4 is 22.4 Å². The highest BCUT2D eigenvalue weighted by Crippen LogP contribution is 2.26. The highest BCUT2D eigenvalue weighted by atomic mass is 15.2. The molecule has 21 heavy (non-hydrogen) atoms. The Morgan fingerprint density at radius 1 is 1.10 bits per heavy atom. The Balaban J connectivity index is 1.71. The third-order valence-electron chi connectivity index (χ3n) is 4.28. The van der Waals surface area contributed by atoms with Crippen LogP contribution in [-0.2, 0) is 13.1 Å². The number of nitrogen functional groups attached to an aromatic ring is 1. The van der Waals surface area contributed by atoms with Gasteiger partial charge in [0.2, 0.25) is 0 Å². The van der Waals surface area contributed by atoms with E-state index in [-0.39, 0.29) is 0 Å². The Morgan fingerprint density at radius 2 is 1.95 bits per heavy atom. The molecule has 0 aliphatic carbocycles. The lowest BCUT2D eigenvalue weighted by atomic mass is 10.1. The van der Waals surface area contributed by atoms with Gasteiger partial charge in [-0.3, -0.25) is 0 Å². The minimum Gasteiger partial charge on any atom is -0.399 e. The smallest absolute Gasteiger partial charge is 0.129 e. The number of fused-ring (bicyclic) bond motifs is 3. The molecule has 1 aliphatic rings. The van der Waals surface area contributed by atoms with Gasteiger partial charge >= 0.3 is 0 Å². The van der Waals surface area contributed by atoms with Gasteiger partial charge in [-0.15, -0.1) is 0 Å². The quantitative estimate of drug-likeness (QED) is 0.696. The number of para-hydroxylation sites is 2. The molecule has 0 unspecified atom stereocenters. The zero-order chi connectivity index (χ0) is 14.4. The topological polar surface area (TPSA) is 47.1 Å². The minimum atomic E-state index is 0.845. The summed E-state index contributed by atoms with van der Waals surface area (Å²) in [5.41, 5.74) is 11.4. The number of aromatic nitrogens is 2. The third-order valence-corrected chi connectivity index (χ3v) is 4.28. The lowest BCUT2D eigenvalue weighted by Gasteiger charge is -2.30. The fourth-order valence-electron chi connectivity index (χ4n) is 3.04. The molecule has 2 aromatic carbocycles. The lowest BCUT2D eigenvalue weighted by molar-refractivity contribution is 0.571. The molecule has 2 N–H and O–H groups in total. The maximum atomic E-state index is 5.91. The van der Waals surface area contributed by atoms with Gasteiger partial charge in [0, 0.05) is 24.5 Å². The summed E-state index contributed by atoms with van der Waals surface area (Å²) in [6, 6.07) is 14.6. The molecule has 0 radical (unpaired) electrons. The van der Waals surface area contributed by atoms with Gasteiger partial charge in [0.25, 0.3) is 0 Å². The number of hydrogen-bond donors (Lipinski definition) is 1. The molecule has 1 aliphatic heterocycles. The van der Waals surface area contributed by atoms with E-state index in [0.29, 0.717) is 0 Å². The lowest BCUT2D eigenvalue weighted by Crippen LogP contribution is -2.33. The van der Waals surface area contributed by atoms with Crippen molar-refractivity contribution in [3.8, 4) is 0 Å². The predicted molar refractivity (Wildman–Crippen MR) is 86.4 cm³/mol. The summed E-state index contributed by atoms with van der Waals surface area (Å²) in [4.78, 5) is 7.13. The predicted octanol–water partition coefficient (Wildman–Crippen LogP) is 2.95. The van der Waals surface area contributed by atoms with Gasteiger partial charge in [0.05, 0.1) is 17.6 Å². The first kappa shape index (κ1) is 12.3. The number of nitrogens with two attached hydrogens (primary N) is 1. The molecule has 2 heterocycles. The van der Waals surface area contributed by atoms with Crippen LogP contribution in [0.4, 0.5) is 11.4 Å². The Kier molecular flexibility index (Phi) is 2.64. The molecule has 1 aromatic heterocycles. The van der Waals surface area contributed by atoms with Crippen LogP contribution in [0.5, 0.6) is 0 Å². The van der Waals surface area contributed by atoms with Crippen molar-refractivity contribution < 1.29 is 0 Å². The van der Waals surface area contributed by atoms with Gasteiger partial charge in [-0.1, -0.05) is 12.1 Å². The number of rotatable bonds is 1. The highest BCUT2D eigenvalue weighted by Gasteiger charge is 2.20. The Morgan fingerprint density at radius 3 is 2.81 bits per heavy atom. The van der Waals surface area contributed by atoms with Gasteiger partial charge in [-0.2, -0.15) is 0 Å². The standard InChI is InChI=1S/C17H18N4/c1-12-10-13(6-7-14(12)18)20-8-9-21-16-5-3-2-4-15(16)19-17(21)11-20/h2-7,10H,8-9,11,18H2,1H3. The highest BCUT2D eigenvalue weighted by molar-refractivity contribution is 5.76. The van der Waals surface area contributed by atoms with Crippen molar-refractivity contribution in [3.63, 3.8) is 0 Å². The first-order valence-electron chi connectivity index (χ1n) is 7.27. The number of imidazole rings is 1. The Labute approximate surface area is 123 Å². The fraction of sp³-hybridized carbons (Fsp3) is 0.235. The van der Waals surface area contributed by atoms with Gasteiger partial charge in [-0.05, 0) is 42.8 Å². The summed E-state index contributed by atoms with van der Waals surface area (Å²) in [5.74, 6) is 1.14. The second kappa shape index (κ2) is 4.52. The van der Waals surface area contributed by atoms with Crippen LogP contribution in [0.15, 0.2) is 42.5 Å². The van der Waals surface area contributed by atoms with E-state index in [1.54, 1.807) is 0 Å². The molecule has 106 valence electrons. The summed E-state index contributed by atoms with van der Waals surface area (Å²) in [5, 5.41) is 0. The molecule has 0 atom stereocenters. The molecule has 0 bridgehead atoms. The van der Waals surface area contributed by atoms with E-state index in [4.69, 9.17) is 10.7 Å². The summed E-state index contributed by atoms with van der Waals surface area (Å²) < 4.78 is 2.33. The number of benzene rings is 2. The number of anilines is 2. The van der Waals surface area contributed by atoms with Crippen molar-refractivity contribution in [1.29, 1.82) is 0 Å². The van der Waals surface area contributed by atoms with Crippen LogP contribution in [0.25, 0.3) is 11.0 Å². The van der Waals surface area contributed by atoms with Crippen LogP contribution in [0.2, 0.25) is 0 Å². The first-order valence-corrected chi connectivity index (χ1v) is 7.27. The Bertz CT molecular complexity index is 819. The molecular weight excluding hydrogens is 260 g/mol. The number of aryl methyl sites for hydroxylation is 1. The Hall–Kier alpha value is -2.49. The van der Waals surface area contributed by atoms with Gasteiger partial charge < -0.3 is 15.2 Å².